The van der Waals surface area contributed by atoms with Gasteiger partial charge in [0.05, 0.1) is 13.2 Å². The zero-order chi connectivity index (χ0) is 16.3. The van der Waals surface area contributed by atoms with Crippen LogP contribution in [0.5, 0.6) is 5.75 Å². The van der Waals surface area contributed by atoms with Crippen molar-refractivity contribution in [3.63, 3.8) is 0 Å². The van der Waals surface area contributed by atoms with E-state index in [4.69, 9.17) is 21.1 Å². The first kappa shape index (κ1) is 17.0. The summed E-state index contributed by atoms with van der Waals surface area (Å²) in [4.78, 5) is 0. The number of aryl methyl sites for hydroxylation is 1. The summed E-state index contributed by atoms with van der Waals surface area (Å²) in [6.45, 7) is 5.25. The van der Waals surface area contributed by atoms with Gasteiger partial charge in [0.15, 0.2) is 0 Å². The van der Waals surface area contributed by atoms with Gasteiger partial charge in [0, 0.05) is 41.8 Å². The zero-order valence-corrected chi connectivity index (χ0v) is 14.5. The maximum absolute atomic E-state index is 9.87. The van der Waals surface area contributed by atoms with E-state index in [2.05, 4.69) is 5.32 Å². The molecule has 4 nitrogen and oxygen atoms in total. The van der Waals surface area contributed by atoms with Crippen molar-refractivity contribution in [2.45, 2.75) is 38.6 Å². The Hall–Kier alpha value is -0.810. The first-order valence-corrected chi connectivity index (χ1v) is 8.86. The largest absolute Gasteiger partial charge is 0.493 e. The van der Waals surface area contributed by atoms with Crippen LogP contribution in [0.2, 0.25) is 5.02 Å². The molecule has 1 atom stereocenters. The summed E-state index contributed by atoms with van der Waals surface area (Å²) < 4.78 is 11.4. The highest BCUT2D eigenvalue weighted by atomic mass is 35.5. The molecular formula is C18H26ClNO3. The van der Waals surface area contributed by atoms with Gasteiger partial charge in [-0.25, -0.2) is 0 Å². The van der Waals surface area contributed by atoms with E-state index < -0.39 is 0 Å². The third kappa shape index (κ3) is 3.82. The Morgan fingerprint density at radius 1 is 1.30 bits per heavy atom. The van der Waals surface area contributed by atoms with Crippen LogP contribution in [-0.4, -0.2) is 38.1 Å². The molecule has 23 heavy (non-hydrogen) atoms. The van der Waals surface area contributed by atoms with Crippen molar-refractivity contribution in [3.8, 4) is 5.75 Å². The summed E-state index contributed by atoms with van der Waals surface area (Å²) in [5, 5.41) is 14.3. The predicted molar refractivity (Wildman–Crippen MR) is 91.2 cm³/mol. The molecular weight excluding hydrogens is 314 g/mol. The molecule has 5 heteroatoms. The van der Waals surface area contributed by atoms with E-state index in [1.54, 1.807) is 0 Å². The first-order chi connectivity index (χ1) is 11.1. The number of benzene rings is 1. The smallest absolute Gasteiger partial charge is 0.127 e. The lowest BCUT2D eigenvalue weighted by atomic mass is 9.80. The van der Waals surface area contributed by atoms with Gasteiger partial charge in [0.1, 0.15) is 5.75 Å². The Balaban J connectivity index is 1.78. The molecule has 1 aromatic carbocycles. The molecule has 2 aliphatic rings. The molecule has 128 valence electrons. The van der Waals surface area contributed by atoms with E-state index in [0.29, 0.717) is 0 Å². The molecule has 0 spiro atoms. The maximum atomic E-state index is 9.87. The van der Waals surface area contributed by atoms with Gasteiger partial charge in [-0.05, 0) is 50.3 Å². The molecule has 3 rings (SSSR count). The average molecular weight is 340 g/mol. The molecule has 0 bridgehead atoms. The summed E-state index contributed by atoms with van der Waals surface area (Å²) >= 11 is 6.26. The Kier molecular flexibility index (Phi) is 5.47. The van der Waals surface area contributed by atoms with Crippen LogP contribution in [0.4, 0.5) is 0 Å². The summed E-state index contributed by atoms with van der Waals surface area (Å²) in [5.41, 5.74) is 2.16. The molecule has 0 aliphatic carbocycles. The Bertz CT molecular complexity index is 543. The van der Waals surface area contributed by atoms with Gasteiger partial charge < -0.3 is 19.9 Å². The third-order valence-electron chi connectivity index (χ3n) is 5.14. The highest BCUT2D eigenvalue weighted by Gasteiger charge is 2.33. The monoisotopic (exact) mass is 339 g/mol. The normalized spacial score (nSPS) is 23.7. The van der Waals surface area contributed by atoms with Crippen LogP contribution >= 0.6 is 11.6 Å². The number of rotatable bonds is 4. The van der Waals surface area contributed by atoms with Gasteiger partial charge in [-0.2, -0.15) is 0 Å². The molecule has 1 fully saturated rings. The number of hydrogen-bond acceptors (Lipinski definition) is 4. The van der Waals surface area contributed by atoms with Gasteiger partial charge in [-0.1, -0.05) is 11.6 Å². The maximum Gasteiger partial charge on any atom is 0.127 e. The third-order valence-corrected chi connectivity index (χ3v) is 5.36. The number of fused-ring (bicyclic) bond motifs is 1. The van der Waals surface area contributed by atoms with Crippen molar-refractivity contribution in [1.29, 1.82) is 0 Å². The number of aliphatic hydroxyl groups is 1. The van der Waals surface area contributed by atoms with Gasteiger partial charge >= 0.3 is 0 Å². The van der Waals surface area contributed by atoms with E-state index in [9.17, 15) is 5.11 Å². The molecule has 2 heterocycles. The zero-order valence-electron chi connectivity index (χ0n) is 13.7. The van der Waals surface area contributed by atoms with Crippen LogP contribution in [0.1, 0.15) is 42.9 Å². The van der Waals surface area contributed by atoms with Crippen molar-refractivity contribution in [2.24, 2.45) is 5.41 Å². The second kappa shape index (κ2) is 7.39. The minimum Gasteiger partial charge on any atom is -0.493 e. The van der Waals surface area contributed by atoms with Gasteiger partial charge in [0.2, 0.25) is 0 Å². The second-order valence-corrected chi connectivity index (χ2v) is 7.27. The number of hydrogen-bond donors (Lipinski definition) is 2. The van der Waals surface area contributed by atoms with Gasteiger partial charge in [-0.15, -0.1) is 0 Å². The topological polar surface area (TPSA) is 50.7 Å². The minimum atomic E-state index is -0.0702. The summed E-state index contributed by atoms with van der Waals surface area (Å²) in [5.74, 6) is 0.967. The fourth-order valence-corrected chi connectivity index (χ4v) is 3.86. The average Bonchev–Trinajstić information content (AvgIpc) is 2.76. The molecule has 1 saturated heterocycles. The summed E-state index contributed by atoms with van der Waals surface area (Å²) in [6, 6.07) is 4.19. The van der Waals surface area contributed by atoms with Crippen molar-refractivity contribution in [1.82, 2.24) is 5.32 Å². The van der Waals surface area contributed by atoms with Crippen molar-refractivity contribution in [2.75, 3.05) is 33.0 Å². The standard InChI is InChI=1S/C18H26ClNO3/c1-13-9-14(19)10-15-16(3-2-6-23-17(13)15)20-11-18(12-21)4-7-22-8-5-18/h9-10,16,20-21H,2-8,11-12H2,1H3. The second-order valence-electron chi connectivity index (χ2n) is 6.84. The molecule has 1 unspecified atom stereocenters. The molecule has 0 radical (unpaired) electrons. The van der Waals surface area contributed by atoms with Crippen LogP contribution in [-0.2, 0) is 4.74 Å². The number of aliphatic hydroxyl groups excluding tert-OH is 1. The lowest BCUT2D eigenvalue weighted by Crippen LogP contribution is -2.43. The molecule has 0 saturated carbocycles. The SMILES string of the molecule is Cc1cc(Cl)cc2c1OCCCC2NCC1(CO)CCOCC1. The Morgan fingerprint density at radius 3 is 2.83 bits per heavy atom. The molecule has 1 aromatic rings. The van der Waals surface area contributed by atoms with Crippen molar-refractivity contribution in [3.05, 3.63) is 28.3 Å². The Labute approximate surface area is 143 Å². The van der Waals surface area contributed by atoms with E-state index in [-0.39, 0.29) is 18.1 Å². The van der Waals surface area contributed by atoms with E-state index in [1.807, 2.05) is 19.1 Å². The molecule has 2 N–H and O–H groups in total. The molecule has 0 amide bonds. The van der Waals surface area contributed by atoms with Crippen LogP contribution in [0.15, 0.2) is 12.1 Å². The number of halogens is 1. The molecule has 0 aromatic heterocycles. The summed E-state index contributed by atoms with van der Waals surface area (Å²) in [6.07, 6.45) is 3.84. The number of nitrogens with one attached hydrogen (secondary N) is 1. The highest BCUT2D eigenvalue weighted by molar-refractivity contribution is 6.30. The van der Waals surface area contributed by atoms with E-state index in [0.717, 1.165) is 73.9 Å². The first-order valence-electron chi connectivity index (χ1n) is 8.48. The van der Waals surface area contributed by atoms with Crippen molar-refractivity contribution >= 4 is 11.6 Å². The van der Waals surface area contributed by atoms with Gasteiger partial charge in [0.25, 0.3) is 0 Å². The van der Waals surface area contributed by atoms with Crippen molar-refractivity contribution < 1.29 is 14.6 Å². The predicted octanol–water partition coefficient (Wildman–Crippen LogP) is 3.24. The quantitative estimate of drug-likeness (QED) is 0.884. The minimum absolute atomic E-state index is 0.0702. The van der Waals surface area contributed by atoms with E-state index in [1.165, 1.54) is 0 Å². The Morgan fingerprint density at radius 2 is 2.09 bits per heavy atom. The fourth-order valence-electron chi connectivity index (χ4n) is 3.58. The highest BCUT2D eigenvalue weighted by Crippen LogP contribution is 2.37. The van der Waals surface area contributed by atoms with E-state index >= 15 is 0 Å². The van der Waals surface area contributed by atoms with Crippen LogP contribution < -0.4 is 10.1 Å². The van der Waals surface area contributed by atoms with Gasteiger partial charge in [-0.3, -0.25) is 0 Å². The molecule has 2 aliphatic heterocycles. The van der Waals surface area contributed by atoms with Crippen LogP contribution in [0.3, 0.4) is 0 Å². The van der Waals surface area contributed by atoms with Crippen LogP contribution in [0.25, 0.3) is 0 Å². The number of ether oxygens (including phenoxy) is 2. The fraction of sp³-hybridized carbons (Fsp3) is 0.667. The van der Waals surface area contributed by atoms with Crippen LogP contribution in [0, 0.1) is 12.3 Å². The lowest BCUT2D eigenvalue weighted by Gasteiger charge is -2.37. The lowest BCUT2D eigenvalue weighted by molar-refractivity contribution is -0.0166. The summed E-state index contributed by atoms with van der Waals surface area (Å²) in [7, 11) is 0.